The van der Waals surface area contributed by atoms with Crippen molar-refractivity contribution in [3.63, 3.8) is 0 Å². The highest BCUT2D eigenvalue weighted by Crippen LogP contribution is 2.39. The first-order valence-corrected chi connectivity index (χ1v) is 15.1. The predicted molar refractivity (Wildman–Crippen MR) is 137 cm³/mol. The molecule has 1 aromatic carbocycles. The number of amides is 1. The van der Waals surface area contributed by atoms with Gasteiger partial charge in [-0.05, 0) is 60.6 Å². The number of hydrogen-bond acceptors (Lipinski definition) is 5. The first-order valence-electron chi connectivity index (χ1n) is 11.3. The Bertz CT molecular complexity index is 1060. The van der Waals surface area contributed by atoms with E-state index in [1.54, 1.807) is 17.5 Å². The highest BCUT2D eigenvalue weighted by molar-refractivity contribution is 7.13. The molecule has 0 radical (unpaired) electrons. The van der Waals surface area contributed by atoms with Crippen molar-refractivity contribution in [2.45, 2.75) is 64.3 Å². The van der Waals surface area contributed by atoms with Gasteiger partial charge in [0, 0.05) is 17.0 Å². The third-order valence-electron chi connectivity index (χ3n) is 6.39. The Labute approximate surface area is 201 Å². The van der Waals surface area contributed by atoms with Gasteiger partial charge < -0.3 is 19.9 Å². The molecular formula is C25H35N3O3SSi. The lowest BCUT2D eigenvalue weighted by molar-refractivity contribution is 0.0995. The number of carbonyl (C=O) groups excluding carboxylic acids is 1. The molecule has 0 fully saturated rings. The molecule has 3 N–H and O–H groups in total. The van der Waals surface area contributed by atoms with Gasteiger partial charge in [0.2, 0.25) is 0 Å². The van der Waals surface area contributed by atoms with Gasteiger partial charge in [0.15, 0.2) is 8.32 Å². The van der Waals surface area contributed by atoms with Crippen LogP contribution < -0.4 is 10.5 Å². The molecule has 0 aliphatic carbocycles. The van der Waals surface area contributed by atoms with Gasteiger partial charge in [0.1, 0.15) is 17.3 Å². The molecule has 0 bridgehead atoms. The molecule has 2 aromatic heterocycles. The molecule has 0 saturated heterocycles. The van der Waals surface area contributed by atoms with Crippen molar-refractivity contribution in [1.82, 2.24) is 9.97 Å². The summed E-state index contributed by atoms with van der Waals surface area (Å²) in [6.45, 7) is 13.7. The average molecular weight is 486 g/mol. The maximum absolute atomic E-state index is 11.6. The minimum atomic E-state index is -1.99. The van der Waals surface area contributed by atoms with Crippen molar-refractivity contribution in [1.29, 1.82) is 0 Å². The summed E-state index contributed by atoms with van der Waals surface area (Å²) in [5, 5.41) is 2.16. The molecule has 0 aliphatic heterocycles. The lowest BCUT2D eigenvalue weighted by atomic mass is 9.99. The second-order valence-electron chi connectivity index (χ2n) is 9.87. The molecule has 0 unspecified atom stereocenters. The zero-order chi connectivity index (χ0) is 24.2. The summed E-state index contributed by atoms with van der Waals surface area (Å²) in [5.74, 6) is 0.921. The van der Waals surface area contributed by atoms with Crippen LogP contribution in [0.4, 0.5) is 0 Å². The Morgan fingerprint density at radius 3 is 2.61 bits per heavy atom. The van der Waals surface area contributed by atoms with Crippen LogP contribution in [0.3, 0.4) is 0 Å². The van der Waals surface area contributed by atoms with Crippen LogP contribution in [0.2, 0.25) is 18.1 Å². The second-order valence-corrected chi connectivity index (χ2v) is 15.6. The number of imidazole rings is 1. The smallest absolute Gasteiger partial charge is 0.268 e. The number of carbonyl (C=O) groups is 1. The third kappa shape index (κ3) is 6.34. The van der Waals surface area contributed by atoms with Crippen molar-refractivity contribution < 1.29 is 14.0 Å². The molecule has 0 aliphatic rings. The number of nitrogens with zero attached hydrogens (tertiary/aromatic N) is 1. The van der Waals surface area contributed by atoms with Gasteiger partial charge in [0.25, 0.3) is 5.91 Å². The number of rotatable bonds is 10. The van der Waals surface area contributed by atoms with E-state index >= 15 is 0 Å². The molecular weight excluding hydrogens is 450 g/mol. The van der Waals surface area contributed by atoms with E-state index in [0.717, 1.165) is 11.3 Å². The van der Waals surface area contributed by atoms with Crippen LogP contribution in [0.15, 0.2) is 48.0 Å². The van der Waals surface area contributed by atoms with Crippen molar-refractivity contribution in [2.24, 2.45) is 5.73 Å². The SMILES string of the molecule is C[C@H](O[Si](C)(C)C(C)(C)C)[C@H](CCOc1cccc(-c2cccs2)c1)c1nc(C(N)=O)c[nH]1. The van der Waals surface area contributed by atoms with Crippen LogP contribution in [0.25, 0.3) is 10.4 Å². The number of primary amides is 1. The fraction of sp³-hybridized carbons (Fsp3) is 0.440. The quantitative estimate of drug-likeness (QED) is 0.335. The number of ether oxygens (including phenoxy) is 1. The second kappa shape index (κ2) is 10.2. The van der Waals surface area contributed by atoms with Gasteiger partial charge >= 0.3 is 0 Å². The van der Waals surface area contributed by atoms with Crippen LogP contribution in [-0.4, -0.2) is 36.9 Å². The molecule has 2 atom stereocenters. The standard InChI is InChI=1S/C25H35N3O3SSi/c1-17(31-33(5,6)25(2,3)4)20(24-27-16-21(28-24)23(26)29)12-13-30-19-10-7-9-18(15-19)22-11-8-14-32-22/h7-11,14-17,20H,12-13H2,1-6H3,(H2,26,29)(H,27,28)/t17-,20-/m0/s1. The van der Waals surface area contributed by atoms with Gasteiger partial charge in [-0.3, -0.25) is 4.79 Å². The normalized spacial score (nSPS) is 14.1. The Kier molecular flexibility index (Phi) is 7.82. The molecule has 0 spiro atoms. The van der Waals surface area contributed by atoms with Crippen LogP contribution >= 0.6 is 11.3 Å². The first-order chi connectivity index (χ1) is 15.5. The fourth-order valence-electron chi connectivity index (χ4n) is 3.46. The highest BCUT2D eigenvalue weighted by atomic mass is 32.1. The minimum Gasteiger partial charge on any atom is -0.494 e. The van der Waals surface area contributed by atoms with E-state index in [2.05, 4.69) is 74.3 Å². The number of thiophene rings is 1. The largest absolute Gasteiger partial charge is 0.494 e. The summed E-state index contributed by atoms with van der Waals surface area (Å²) in [5.41, 5.74) is 6.80. The van der Waals surface area contributed by atoms with E-state index < -0.39 is 14.2 Å². The zero-order valence-electron chi connectivity index (χ0n) is 20.3. The van der Waals surface area contributed by atoms with E-state index in [9.17, 15) is 4.79 Å². The van der Waals surface area contributed by atoms with E-state index in [1.165, 1.54) is 4.88 Å². The lowest BCUT2D eigenvalue weighted by Gasteiger charge is -2.40. The molecule has 8 heteroatoms. The van der Waals surface area contributed by atoms with Crippen LogP contribution in [-0.2, 0) is 4.43 Å². The Hall–Kier alpha value is -2.42. The monoisotopic (exact) mass is 485 g/mol. The summed E-state index contributed by atoms with van der Waals surface area (Å²) in [6.07, 6.45) is 2.15. The Morgan fingerprint density at radius 1 is 1.24 bits per heavy atom. The topological polar surface area (TPSA) is 90.2 Å². The fourth-order valence-corrected chi connectivity index (χ4v) is 5.63. The van der Waals surface area contributed by atoms with Crippen molar-refractivity contribution >= 4 is 25.6 Å². The van der Waals surface area contributed by atoms with Crippen LogP contribution in [0.1, 0.15) is 56.3 Å². The van der Waals surface area contributed by atoms with E-state index in [-0.39, 0.29) is 22.8 Å². The van der Waals surface area contributed by atoms with Crippen LogP contribution in [0, 0.1) is 0 Å². The molecule has 3 rings (SSSR count). The number of benzene rings is 1. The van der Waals surface area contributed by atoms with Gasteiger partial charge in [-0.2, -0.15) is 0 Å². The molecule has 33 heavy (non-hydrogen) atoms. The maximum atomic E-state index is 11.6. The lowest BCUT2D eigenvalue weighted by Crippen LogP contribution is -2.44. The molecule has 2 heterocycles. The number of nitrogens with one attached hydrogen (secondary N) is 1. The number of nitrogens with two attached hydrogens (primary N) is 1. The predicted octanol–water partition coefficient (Wildman–Crippen LogP) is 6.20. The zero-order valence-corrected chi connectivity index (χ0v) is 22.2. The summed E-state index contributed by atoms with van der Waals surface area (Å²) in [7, 11) is -1.99. The summed E-state index contributed by atoms with van der Waals surface area (Å²) < 4.78 is 12.8. The van der Waals surface area contributed by atoms with Gasteiger partial charge in [-0.15, -0.1) is 11.3 Å². The number of aromatic amines is 1. The van der Waals surface area contributed by atoms with E-state index in [1.807, 2.05) is 18.2 Å². The van der Waals surface area contributed by atoms with Gasteiger partial charge in [-0.1, -0.05) is 39.0 Å². The van der Waals surface area contributed by atoms with Gasteiger partial charge in [0.05, 0.1) is 12.7 Å². The molecule has 1 amide bonds. The van der Waals surface area contributed by atoms with E-state index in [4.69, 9.17) is 14.9 Å². The van der Waals surface area contributed by atoms with E-state index in [0.29, 0.717) is 18.9 Å². The Morgan fingerprint density at radius 2 is 2.00 bits per heavy atom. The first kappa shape index (κ1) is 25.2. The average Bonchev–Trinajstić information content (AvgIpc) is 3.42. The third-order valence-corrected chi connectivity index (χ3v) is 11.9. The number of H-pyrrole nitrogens is 1. The molecule has 178 valence electrons. The van der Waals surface area contributed by atoms with Crippen molar-refractivity contribution in [3.05, 3.63) is 59.5 Å². The van der Waals surface area contributed by atoms with Crippen molar-refractivity contribution in [2.75, 3.05) is 6.61 Å². The number of aromatic nitrogens is 2. The Balaban J connectivity index is 1.74. The van der Waals surface area contributed by atoms with Gasteiger partial charge in [-0.25, -0.2) is 4.98 Å². The molecule has 0 saturated carbocycles. The van der Waals surface area contributed by atoms with Crippen molar-refractivity contribution in [3.8, 4) is 16.2 Å². The molecule has 3 aromatic rings. The summed E-state index contributed by atoms with van der Waals surface area (Å²) >= 11 is 1.71. The highest BCUT2D eigenvalue weighted by Gasteiger charge is 2.40. The minimum absolute atomic E-state index is 0.0623. The summed E-state index contributed by atoms with van der Waals surface area (Å²) in [6, 6.07) is 12.3. The summed E-state index contributed by atoms with van der Waals surface area (Å²) in [4.78, 5) is 20.4. The maximum Gasteiger partial charge on any atom is 0.268 e. The molecule has 6 nitrogen and oxygen atoms in total. The number of hydrogen-bond donors (Lipinski definition) is 2. The van der Waals surface area contributed by atoms with Crippen LogP contribution in [0.5, 0.6) is 5.75 Å².